The number of para-hydroxylation sites is 1. The maximum Gasteiger partial charge on any atom is 0.309 e. The minimum Gasteiger partial charge on any atom is -0.466 e. The number of hydrogen-bond donors (Lipinski definition) is 1. The van der Waals surface area contributed by atoms with Crippen LogP contribution in [0.3, 0.4) is 0 Å². The van der Waals surface area contributed by atoms with E-state index in [9.17, 15) is 9.59 Å². The number of esters is 1. The number of carbonyl (C=O) groups is 2. The molecule has 0 unspecified atom stereocenters. The molecule has 1 heterocycles. The molecular formula is C21H28N2O3. The Kier molecular flexibility index (Phi) is 5.96. The van der Waals surface area contributed by atoms with Gasteiger partial charge >= 0.3 is 5.97 Å². The topological polar surface area (TPSA) is 62.4 Å². The van der Waals surface area contributed by atoms with Gasteiger partial charge in [0.2, 0.25) is 5.91 Å². The van der Waals surface area contributed by atoms with Crippen molar-refractivity contribution in [3.8, 4) is 0 Å². The number of benzene rings is 1. The highest BCUT2D eigenvalue weighted by molar-refractivity contribution is 5.89. The number of rotatable bonds is 9. The summed E-state index contributed by atoms with van der Waals surface area (Å²) in [7, 11) is 0. The van der Waals surface area contributed by atoms with E-state index >= 15 is 0 Å². The van der Waals surface area contributed by atoms with Crippen LogP contribution in [0, 0.1) is 11.8 Å². The highest BCUT2D eigenvalue weighted by Crippen LogP contribution is 2.40. The minimum atomic E-state index is -0.114. The average molecular weight is 356 g/mol. The van der Waals surface area contributed by atoms with Gasteiger partial charge in [-0.2, -0.15) is 0 Å². The third-order valence-corrected chi connectivity index (χ3v) is 5.12. The van der Waals surface area contributed by atoms with Gasteiger partial charge in [0, 0.05) is 30.2 Å². The molecule has 0 radical (unpaired) electrons. The number of nitrogens with zero attached hydrogens (tertiary/aromatic N) is 1. The van der Waals surface area contributed by atoms with Crippen molar-refractivity contribution >= 4 is 22.8 Å². The zero-order chi connectivity index (χ0) is 18.5. The van der Waals surface area contributed by atoms with Gasteiger partial charge in [-0.1, -0.05) is 31.5 Å². The number of carbonyl (C=O) groups excluding carboxylic acids is 2. The quantitative estimate of drug-likeness (QED) is 0.699. The Morgan fingerprint density at radius 3 is 2.85 bits per heavy atom. The monoisotopic (exact) mass is 356 g/mol. The van der Waals surface area contributed by atoms with Gasteiger partial charge in [-0.15, -0.1) is 0 Å². The van der Waals surface area contributed by atoms with Crippen molar-refractivity contribution in [3.63, 3.8) is 0 Å². The van der Waals surface area contributed by atoms with Crippen LogP contribution in [-0.2, 0) is 20.7 Å². The molecule has 1 N–H and O–H groups in total. The SMILES string of the molecule is CCCCN(C[C@@H]1C[C@H]1C(=O)OCC)C(=O)Cc1c[nH]c2ccccc12. The molecule has 0 bridgehead atoms. The smallest absolute Gasteiger partial charge is 0.309 e. The summed E-state index contributed by atoms with van der Waals surface area (Å²) in [6, 6.07) is 8.04. The number of fused-ring (bicyclic) bond motifs is 1. The summed E-state index contributed by atoms with van der Waals surface area (Å²) in [5.41, 5.74) is 2.09. The van der Waals surface area contributed by atoms with Gasteiger partial charge in [0.15, 0.2) is 0 Å². The molecule has 2 atom stereocenters. The second-order valence-corrected chi connectivity index (χ2v) is 7.08. The molecule has 26 heavy (non-hydrogen) atoms. The molecule has 0 spiro atoms. The Morgan fingerprint density at radius 2 is 2.08 bits per heavy atom. The third-order valence-electron chi connectivity index (χ3n) is 5.12. The van der Waals surface area contributed by atoms with E-state index in [0.29, 0.717) is 19.6 Å². The van der Waals surface area contributed by atoms with Crippen LogP contribution in [0.25, 0.3) is 10.9 Å². The standard InChI is InChI=1S/C21H28N2O3/c1-3-5-10-23(14-16-11-18(16)21(25)26-4-2)20(24)12-15-13-22-19-9-7-6-8-17(15)19/h6-9,13,16,18,22H,3-5,10-12,14H2,1-2H3/t16-,18+/m0/s1. The molecule has 1 aromatic heterocycles. The molecule has 0 saturated heterocycles. The lowest BCUT2D eigenvalue weighted by Crippen LogP contribution is -2.35. The highest BCUT2D eigenvalue weighted by atomic mass is 16.5. The minimum absolute atomic E-state index is 0.0278. The Labute approximate surface area is 154 Å². The molecule has 1 aliphatic carbocycles. The van der Waals surface area contributed by atoms with E-state index in [-0.39, 0.29) is 23.7 Å². The number of aromatic amines is 1. The maximum atomic E-state index is 12.9. The first-order valence-corrected chi connectivity index (χ1v) is 9.63. The van der Waals surface area contributed by atoms with E-state index in [4.69, 9.17) is 4.74 Å². The molecule has 0 aliphatic heterocycles. The van der Waals surface area contributed by atoms with Crippen molar-refractivity contribution in [1.29, 1.82) is 0 Å². The molecule has 1 saturated carbocycles. The zero-order valence-corrected chi connectivity index (χ0v) is 15.7. The fourth-order valence-corrected chi connectivity index (χ4v) is 3.49. The average Bonchev–Trinajstić information content (AvgIpc) is 3.31. The van der Waals surface area contributed by atoms with Crippen LogP contribution in [-0.4, -0.2) is 41.5 Å². The van der Waals surface area contributed by atoms with E-state index in [1.54, 1.807) is 0 Å². The van der Waals surface area contributed by atoms with Crippen LogP contribution in [0.1, 0.15) is 38.7 Å². The van der Waals surface area contributed by atoms with Crippen LogP contribution < -0.4 is 0 Å². The normalized spacial score (nSPS) is 18.7. The number of aromatic nitrogens is 1. The third kappa shape index (κ3) is 4.26. The Bertz CT molecular complexity index is 767. The number of ether oxygens (including phenoxy) is 1. The molecule has 2 aromatic rings. The predicted molar refractivity (Wildman–Crippen MR) is 102 cm³/mol. The molecule has 1 aliphatic rings. The lowest BCUT2D eigenvalue weighted by molar-refractivity contribution is -0.145. The molecule has 140 valence electrons. The van der Waals surface area contributed by atoms with Crippen molar-refractivity contribution < 1.29 is 14.3 Å². The van der Waals surface area contributed by atoms with Crippen LogP contribution in [0.4, 0.5) is 0 Å². The summed E-state index contributed by atoms with van der Waals surface area (Å²) in [6.07, 6.45) is 5.19. The maximum absolute atomic E-state index is 12.9. The largest absolute Gasteiger partial charge is 0.466 e. The lowest BCUT2D eigenvalue weighted by Gasteiger charge is -2.23. The summed E-state index contributed by atoms with van der Waals surface area (Å²) < 4.78 is 5.11. The van der Waals surface area contributed by atoms with Crippen LogP contribution in [0.2, 0.25) is 0 Å². The summed E-state index contributed by atoms with van der Waals surface area (Å²) in [4.78, 5) is 29.9. The molecule has 3 rings (SSSR count). The van der Waals surface area contributed by atoms with Crippen molar-refractivity contribution in [2.24, 2.45) is 11.8 Å². The number of hydrogen-bond acceptors (Lipinski definition) is 3. The van der Waals surface area contributed by atoms with E-state index < -0.39 is 0 Å². The van der Waals surface area contributed by atoms with Crippen molar-refractivity contribution in [3.05, 3.63) is 36.0 Å². The molecule has 5 nitrogen and oxygen atoms in total. The molecule has 5 heteroatoms. The van der Waals surface area contributed by atoms with Gasteiger partial charge in [0.05, 0.1) is 18.9 Å². The number of amides is 1. The molecule has 1 fully saturated rings. The summed E-state index contributed by atoms with van der Waals surface area (Å²) in [5, 5.41) is 1.10. The molecule has 1 amide bonds. The van der Waals surface area contributed by atoms with Gasteiger partial charge in [0.1, 0.15) is 0 Å². The van der Waals surface area contributed by atoms with Crippen LogP contribution >= 0.6 is 0 Å². The van der Waals surface area contributed by atoms with E-state index in [1.807, 2.05) is 42.3 Å². The fourth-order valence-electron chi connectivity index (χ4n) is 3.49. The Morgan fingerprint density at radius 1 is 1.27 bits per heavy atom. The van der Waals surface area contributed by atoms with E-state index in [2.05, 4.69) is 11.9 Å². The highest BCUT2D eigenvalue weighted by Gasteiger charge is 2.45. The molecule has 1 aromatic carbocycles. The molecular weight excluding hydrogens is 328 g/mol. The van der Waals surface area contributed by atoms with Crippen LogP contribution in [0.5, 0.6) is 0 Å². The number of unbranched alkanes of at least 4 members (excludes halogenated alkanes) is 1. The number of H-pyrrole nitrogens is 1. The van der Waals surface area contributed by atoms with Gasteiger partial charge in [-0.3, -0.25) is 9.59 Å². The van der Waals surface area contributed by atoms with Gasteiger partial charge in [0.25, 0.3) is 0 Å². The second-order valence-electron chi connectivity index (χ2n) is 7.08. The summed E-state index contributed by atoms with van der Waals surface area (Å²) >= 11 is 0. The van der Waals surface area contributed by atoms with Gasteiger partial charge in [-0.25, -0.2) is 0 Å². The van der Waals surface area contributed by atoms with Crippen molar-refractivity contribution in [2.75, 3.05) is 19.7 Å². The van der Waals surface area contributed by atoms with E-state index in [0.717, 1.165) is 42.3 Å². The Balaban J connectivity index is 1.63. The summed E-state index contributed by atoms with van der Waals surface area (Å²) in [5.74, 6) is 0.243. The van der Waals surface area contributed by atoms with Crippen molar-refractivity contribution in [1.82, 2.24) is 9.88 Å². The van der Waals surface area contributed by atoms with E-state index in [1.165, 1.54) is 0 Å². The lowest BCUT2D eigenvalue weighted by atomic mass is 10.1. The summed E-state index contributed by atoms with van der Waals surface area (Å²) in [6.45, 7) is 5.78. The van der Waals surface area contributed by atoms with Gasteiger partial charge < -0.3 is 14.6 Å². The van der Waals surface area contributed by atoms with Gasteiger partial charge in [-0.05, 0) is 37.3 Å². The first-order chi connectivity index (χ1) is 12.6. The second kappa shape index (κ2) is 8.39. The predicted octanol–water partition coefficient (Wildman–Crippen LogP) is 3.54. The zero-order valence-electron chi connectivity index (χ0n) is 15.7. The fraction of sp³-hybridized carbons (Fsp3) is 0.524. The Hall–Kier alpha value is -2.30. The van der Waals surface area contributed by atoms with Crippen molar-refractivity contribution in [2.45, 2.75) is 39.5 Å². The first kappa shape index (κ1) is 18.5. The van der Waals surface area contributed by atoms with Crippen LogP contribution in [0.15, 0.2) is 30.5 Å². The number of nitrogens with one attached hydrogen (secondary N) is 1. The first-order valence-electron chi connectivity index (χ1n) is 9.63.